The normalized spacial score (nSPS) is 19.6. The number of para-hydroxylation sites is 1. The van der Waals surface area contributed by atoms with Crippen LogP contribution in [0.15, 0.2) is 33.7 Å². The van der Waals surface area contributed by atoms with Gasteiger partial charge in [0.05, 0.1) is 6.61 Å². The highest BCUT2D eigenvalue weighted by Gasteiger charge is 2.27. The first-order valence-electron chi connectivity index (χ1n) is 5.86. The minimum Gasteiger partial charge on any atom is -0.480 e. The third kappa shape index (κ3) is 2.44. The molecule has 1 aliphatic heterocycles. The fraction of sp³-hybridized carbons (Fsp3) is 0.333. The number of aliphatic hydroxyl groups is 1. The average molecular weight is 279 g/mol. The van der Waals surface area contributed by atoms with Crippen LogP contribution >= 0.6 is 11.8 Å². The van der Waals surface area contributed by atoms with Gasteiger partial charge >= 0.3 is 0 Å². The molecular formula is C12H13N3O3S. The third-order valence-electron chi connectivity index (χ3n) is 2.77. The molecule has 0 saturated heterocycles. The Morgan fingerprint density at radius 2 is 2.32 bits per heavy atom. The van der Waals surface area contributed by atoms with E-state index in [1.54, 1.807) is 11.8 Å². The SMILES string of the molecule is N[C@H](CO)c1nc(C2CSc3ccccc3O2)no1. The molecule has 2 atom stereocenters. The minimum absolute atomic E-state index is 0.227. The van der Waals surface area contributed by atoms with Crippen LogP contribution < -0.4 is 10.5 Å². The van der Waals surface area contributed by atoms with Crippen molar-refractivity contribution in [2.45, 2.75) is 17.0 Å². The van der Waals surface area contributed by atoms with Crippen LogP contribution in [0, 0.1) is 0 Å². The van der Waals surface area contributed by atoms with Gasteiger partial charge in [-0.05, 0) is 12.1 Å². The zero-order chi connectivity index (χ0) is 13.2. The first-order valence-corrected chi connectivity index (χ1v) is 6.85. The van der Waals surface area contributed by atoms with E-state index < -0.39 is 6.04 Å². The van der Waals surface area contributed by atoms with Gasteiger partial charge in [-0.1, -0.05) is 17.3 Å². The molecule has 0 amide bonds. The highest BCUT2D eigenvalue weighted by atomic mass is 32.2. The summed E-state index contributed by atoms with van der Waals surface area (Å²) in [4.78, 5) is 5.28. The second-order valence-electron chi connectivity index (χ2n) is 4.14. The van der Waals surface area contributed by atoms with Gasteiger partial charge in [0.1, 0.15) is 11.8 Å². The lowest BCUT2D eigenvalue weighted by molar-refractivity contribution is 0.204. The van der Waals surface area contributed by atoms with Crippen molar-refractivity contribution in [1.29, 1.82) is 0 Å². The van der Waals surface area contributed by atoms with Gasteiger partial charge in [0.2, 0.25) is 11.7 Å². The number of rotatable bonds is 3. The van der Waals surface area contributed by atoms with E-state index in [0.717, 1.165) is 10.6 Å². The van der Waals surface area contributed by atoms with Crippen LogP contribution in [0.4, 0.5) is 0 Å². The van der Waals surface area contributed by atoms with Crippen molar-refractivity contribution >= 4 is 11.8 Å². The van der Waals surface area contributed by atoms with E-state index in [1.807, 2.05) is 24.3 Å². The summed E-state index contributed by atoms with van der Waals surface area (Å²) in [6, 6.07) is 7.17. The number of hydrogen-bond acceptors (Lipinski definition) is 7. The van der Waals surface area contributed by atoms with Gasteiger partial charge in [-0.3, -0.25) is 0 Å². The predicted octanol–water partition coefficient (Wildman–Crippen LogP) is 1.29. The first kappa shape index (κ1) is 12.5. The van der Waals surface area contributed by atoms with Crippen molar-refractivity contribution in [3.63, 3.8) is 0 Å². The number of benzene rings is 1. The predicted molar refractivity (Wildman–Crippen MR) is 68.8 cm³/mol. The van der Waals surface area contributed by atoms with Crippen molar-refractivity contribution in [3.8, 4) is 5.75 Å². The highest BCUT2D eigenvalue weighted by molar-refractivity contribution is 7.99. The number of fused-ring (bicyclic) bond motifs is 1. The topological polar surface area (TPSA) is 94.4 Å². The molecule has 0 bridgehead atoms. The number of hydrogen-bond donors (Lipinski definition) is 2. The monoisotopic (exact) mass is 279 g/mol. The van der Waals surface area contributed by atoms with Gasteiger partial charge in [0, 0.05) is 10.6 Å². The molecule has 1 unspecified atom stereocenters. The van der Waals surface area contributed by atoms with E-state index in [4.69, 9.17) is 20.1 Å². The van der Waals surface area contributed by atoms with E-state index in [9.17, 15) is 0 Å². The van der Waals surface area contributed by atoms with E-state index in [0.29, 0.717) is 11.6 Å². The molecule has 2 heterocycles. The van der Waals surface area contributed by atoms with E-state index in [2.05, 4.69) is 10.1 Å². The van der Waals surface area contributed by atoms with Crippen LogP contribution in [0.2, 0.25) is 0 Å². The number of nitrogens with zero attached hydrogens (tertiary/aromatic N) is 2. The first-order chi connectivity index (χ1) is 9.28. The standard InChI is InChI=1S/C12H13N3O3S/c13-7(5-16)12-14-11(15-18-12)9-6-19-10-4-2-1-3-8(10)17-9/h1-4,7,9,16H,5-6,13H2/t7-,9?/m1/s1. The summed E-state index contributed by atoms with van der Waals surface area (Å²) in [5.41, 5.74) is 5.62. The number of ether oxygens (including phenoxy) is 1. The Kier molecular flexibility index (Phi) is 3.41. The summed E-state index contributed by atoms with van der Waals surface area (Å²) in [5, 5.41) is 12.8. The maximum absolute atomic E-state index is 8.95. The van der Waals surface area contributed by atoms with Crippen molar-refractivity contribution < 1.29 is 14.4 Å². The Hall–Kier alpha value is -1.57. The van der Waals surface area contributed by atoms with Crippen LogP contribution in [0.5, 0.6) is 5.75 Å². The fourth-order valence-corrected chi connectivity index (χ4v) is 2.73. The fourth-order valence-electron chi connectivity index (χ4n) is 1.75. The zero-order valence-corrected chi connectivity index (χ0v) is 10.8. The number of aliphatic hydroxyl groups excluding tert-OH is 1. The molecule has 1 aromatic carbocycles. The minimum atomic E-state index is -0.648. The van der Waals surface area contributed by atoms with Crippen molar-refractivity contribution in [3.05, 3.63) is 36.0 Å². The van der Waals surface area contributed by atoms with E-state index >= 15 is 0 Å². The summed E-state index contributed by atoms with van der Waals surface area (Å²) >= 11 is 1.69. The molecule has 19 heavy (non-hydrogen) atoms. The van der Waals surface area contributed by atoms with Gasteiger partial charge < -0.3 is 20.1 Å². The Morgan fingerprint density at radius 3 is 3.16 bits per heavy atom. The van der Waals surface area contributed by atoms with Crippen molar-refractivity contribution in [1.82, 2.24) is 10.1 Å². The number of nitrogens with two attached hydrogens (primary N) is 1. The van der Waals surface area contributed by atoms with Gasteiger partial charge in [0.25, 0.3) is 0 Å². The smallest absolute Gasteiger partial charge is 0.246 e. The maximum Gasteiger partial charge on any atom is 0.246 e. The van der Waals surface area contributed by atoms with Crippen molar-refractivity contribution in [2.75, 3.05) is 12.4 Å². The molecule has 0 saturated carbocycles. The van der Waals surface area contributed by atoms with Gasteiger partial charge in [-0.25, -0.2) is 0 Å². The van der Waals surface area contributed by atoms with Gasteiger partial charge in [-0.2, -0.15) is 4.98 Å². The van der Waals surface area contributed by atoms with Crippen LogP contribution in [0.1, 0.15) is 23.9 Å². The average Bonchev–Trinajstić information content (AvgIpc) is 2.95. The number of aromatic nitrogens is 2. The molecule has 0 radical (unpaired) electrons. The van der Waals surface area contributed by atoms with Crippen LogP contribution in [-0.4, -0.2) is 27.6 Å². The number of thioether (sulfide) groups is 1. The summed E-state index contributed by atoms with van der Waals surface area (Å²) in [6.45, 7) is -0.231. The molecule has 3 N–H and O–H groups in total. The van der Waals surface area contributed by atoms with Crippen LogP contribution in [0.3, 0.4) is 0 Å². The Bertz CT molecular complexity index is 575. The molecule has 1 aromatic heterocycles. The molecular weight excluding hydrogens is 266 g/mol. The van der Waals surface area contributed by atoms with E-state index in [1.165, 1.54) is 0 Å². The van der Waals surface area contributed by atoms with Gasteiger partial charge in [-0.15, -0.1) is 11.8 Å². The quantitative estimate of drug-likeness (QED) is 0.874. The molecule has 1 aliphatic rings. The maximum atomic E-state index is 8.95. The third-order valence-corrected chi connectivity index (χ3v) is 3.89. The molecule has 7 heteroatoms. The lowest BCUT2D eigenvalue weighted by Crippen LogP contribution is -2.17. The molecule has 0 fully saturated rings. The molecule has 100 valence electrons. The Morgan fingerprint density at radius 1 is 1.47 bits per heavy atom. The molecule has 0 aliphatic carbocycles. The summed E-state index contributed by atoms with van der Waals surface area (Å²) in [5.74, 6) is 2.22. The molecule has 2 aromatic rings. The lowest BCUT2D eigenvalue weighted by atomic mass is 10.3. The Labute approximate surface area is 113 Å². The lowest BCUT2D eigenvalue weighted by Gasteiger charge is -2.22. The molecule has 6 nitrogen and oxygen atoms in total. The Balaban J connectivity index is 1.79. The summed E-state index contributed by atoms with van der Waals surface area (Å²) in [6.07, 6.45) is -0.261. The second kappa shape index (κ2) is 5.20. The molecule has 3 rings (SSSR count). The van der Waals surface area contributed by atoms with Crippen LogP contribution in [-0.2, 0) is 0 Å². The van der Waals surface area contributed by atoms with Crippen LogP contribution in [0.25, 0.3) is 0 Å². The highest BCUT2D eigenvalue weighted by Crippen LogP contribution is 2.39. The summed E-state index contributed by atoms with van der Waals surface area (Å²) < 4.78 is 10.9. The molecule has 0 spiro atoms. The largest absolute Gasteiger partial charge is 0.480 e. The zero-order valence-electron chi connectivity index (χ0n) is 10.0. The van der Waals surface area contributed by atoms with Gasteiger partial charge in [0.15, 0.2) is 6.10 Å². The second-order valence-corrected chi connectivity index (χ2v) is 5.21. The van der Waals surface area contributed by atoms with E-state index in [-0.39, 0.29) is 18.6 Å². The van der Waals surface area contributed by atoms with Crippen molar-refractivity contribution in [2.24, 2.45) is 5.73 Å². The summed E-state index contributed by atoms with van der Waals surface area (Å²) in [7, 11) is 0.